The molecule has 0 atom stereocenters. The van der Waals surface area contributed by atoms with Crippen LogP contribution in [0.2, 0.25) is 0 Å². The van der Waals surface area contributed by atoms with Gasteiger partial charge in [-0.1, -0.05) is 6.08 Å². The summed E-state index contributed by atoms with van der Waals surface area (Å²) in [7, 11) is -2.01. The molecule has 0 fully saturated rings. The van der Waals surface area contributed by atoms with Crippen LogP contribution in [0.5, 0.6) is 0 Å². The Balaban J connectivity index is 2.13. The van der Waals surface area contributed by atoms with Crippen molar-refractivity contribution in [3.8, 4) is 0 Å². The quantitative estimate of drug-likeness (QED) is 0.808. The minimum Gasteiger partial charge on any atom is -0.446 e. The topological polar surface area (TPSA) is 80.0 Å². The van der Waals surface area contributed by atoms with E-state index >= 15 is 0 Å². The van der Waals surface area contributed by atoms with Crippen LogP contribution in [0.4, 0.5) is 0 Å². The number of hydrogen-bond donors (Lipinski definition) is 1. The van der Waals surface area contributed by atoms with E-state index < -0.39 is 10.0 Å². The zero-order valence-electron chi connectivity index (χ0n) is 10.7. The van der Waals surface area contributed by atoms with Gasteiger partial charge in [0.2, 0.25) is 5.09 Å². The average Bonchev–Trinajstić information content (AvgIpc) is 2.89. The summed E-state index contributed by atoms with van der Waals surface area (Å²) in [5, 5.41) is 8.77. The standard InChI is InChI=1S/C12H17NO5S/c1-17-9-10-4-6-13(7-5-10)19(15,16)12-3-2-11(8-14)18-12/h2-4,14H,5-9H2,1H3. The lowest BCUT2D eigenvalue weighted by atomic mass is 10.1. The van der Waals surface area contributed by atoms with Gasteiger partial charge in [0.25, 0.3) is 10.0 Å². The molecule has 0 amide bonds. The van der Waals surface area contributed by atoms with Crippen LogP contribution in [0.25, 0.3) is 0 Å². The molecule has 1 aromatic heterocycles. The molecule has 1 aliphatic rings. The number of ether oxygens (including phenoxy) is 1. The van der Waals surface area contributed by atoms with Crippen LogP contribution >= 0.6 is 0 Å². The number of nitrogens with zero attached hydrogens (tertiary/aromatic N) is 1. The minimum absolute atomic E-state index is 0.125. The molecule has 1 N–H and O–H groups in total. The molecular formula is C12H17NO5S. The zero-order chi connectivity index (χ0) is 13.9. The van der Waals surface area contributed by atoms with Crippen molar-refractivity contribution in [1.29, 1.82) is 0 Å². The van der Waals surface area contributed by atoms with Gasteiger partial charge in [-0.3, -0.25) is 0 Å². The van der Waals surface area contributed by atoms with Crippen LogP contribution < -0.4 is 0 Å². The fourth-order valence-electron chi connectivity index (χ4n) is 1.94. The van der Waals surface area contributed by atoms with E-state index in [9.17, 15) is 8.42 Å². The van der Waals surface area contributed by atoms with E-state index in [0.717, 1.165) is 5.57 Å². The first-order valence-electron chi connectivity index (χ1n) is 5.94. The summed E-state index contributed by atoms with van der Waals surface area (Å²) >= 11 is 0. The van der Waals surface area contributed by atoms with Crippen molar-refractivity contribution in [3.05, 3.63) is 29.5 Å². The van der Waals surface area contributed by atoms with E-state index in [2.05, 4.69) is 0 Å². The highest BCUT2D eigenvalue weighted by Gasteiger charge is 2.28. The van der Waals surface area contributed by atoms with E-state index in [1.54, 1.807) is 7.11 Å². The van der Waals surface area contributed by atoms with E-state index in [-0.39, 0.29) is 17.5 Å². The van der Waals surface area contributed by atoms with Crippen molar-refractivity contribution in [2.24, 2.45) is 0 Å². The number of furan rings is 1. The Morgan fingerprint density at radius 2 is 2.26 bits per heavy atom. The Kier molecular flexibility index (Phi) is 4.41. The van der Waals surface area contributed by atoms with E-state index in [1.165, 1.54) is 16.4 Å². The highest BCUT2D eigenvalue weighted by Crippen LogP contribution is 2.22. The summed E-state index contributed by atoms with van der Waals surface area (Å²) in [4.78, 5) is 0. The lowest BCUT2D eigenvalue weighted by Gasteiger charge is -2.24. The summed E-state index contributed by atoms with van der Waals surface area (Å²) in [5.74, 6) is 0.242. The number of sulfonamides is 1. The molecule has 19 heavy (non-hydrogen) atoms. The van der Waals surface area contributed by atoms with E-state index in [1.807, 2.05) is 6.08 Å². The summed E-state index contributed by atoms with van der Waals surface area (Å²) in [6, 6.07) is 2.83. The smallest absolute Gasteiger partial charge is 0.276 e. The van der Waals surface area contributed by atoms with Gasteiger partial charge in [0.1, 0.15) is 12.4 Å². The molecule has 1 aliphatic heterocycles. The van der Waals surface area contributed by atoms with Gasteiger partial charge in [0, 0.05) is 20.2 Å². The molecule has 0 aromatic carbocycles. The Morgan fingerprint density at radius 3 is 2.79 bits per heavy atom. The number of aliphatic hydroxyl groups excluding tert-OH is 1. The number of aliphatic hydroxyl groups is 1. The van der Waals surface area contributed by atoms with Crippen molar-refractivity contribution in [3.63, 3.8) is 0 Å². The number of rotatable bonds is 5. The van der Waals surface area contributed by atoms with Gasteiger partial charge in [-0.2, -0.15) is 4.31 Å². The first kappa shape index (κ1) is 14.3. The van der Waals surface area contributed by atoms with Crippen molar-refractivity contribution < 1.29 is 22.7 Å². The maximum atomic E-state index is 12.3. The molecule has 0 aliphatic carbocycles. The van der Waals surface area contributed by atoms with Gasteiger partial charge in [0.15, 0.2) is 0 Å². The third-order valence-corrected chi connectivity index (χ3v) is 4.72. The van der Waals surface area contributed by atoms with Crippen LogP contribution in [0.3, 0.4) is 0 Å². The summed E-state index contributed by atoms with van der Waals surface area (Å²) < 4.78 is 36.0. The molecule has 7 heteroatoms. The Bertz CT molecular complexity index is 560. The van der Waals surface area contributed by atoms with Crippen LogP contribution in [0, 0.1) is 0 Å². The summed E-state index contributed by atoms with van der Waals surface area (Å²) in [6.45, 7) is 0.944. The largest absolute Gasteiger partial charge is 0.446 e. The highest BCUT2D eigenvalue weighted by molar-refractivity contribution is 7.89. The van der Waals surface area contributed by atoms with Gasteiger partial charge in [-0.25, -0.2) is 8.42 Å². The van der Waals surface area contributed by atoms with E-state index in [4.69, 9.17) is 14.3 Å². The van der Waals surface area contributed by atoms with E-state index in [0.29, 0.717) is 26.1 Å². The predicted molar refractivity (Wildman–Crippen MR) is 68.0 cm³/mol. The highest BCUT2D eigenvalue weighted by atomic mass is 32.2. The van der Waals surface area contributed by atoms with Crippen LogP contribution in [0.1, 0.15) is 12.2 Å². The van der Waals surface area contributed by atoms with Gasteiger partial charge in [0.05, 0.1) is 6.61 Å². The second-order valence-electron chi connectivity index (χ2n) is 4.29. The SMILES string of the molecule is COCC1=CCN(S(=O)(=O)c2ccc(CO)o2)CC1. The minimum atomic E-state index is -3.62. The molecule has 2 heterocycles. The Labute approximate surface area is 112 Å². The molecule has 0 spiro atoms. The average molecular weight is 287 g/mol. The summed E-state index contributed by atoms with van der Waals surface area (Å²) in [5.41, 5.74) is 1.10. The van der Waals surface area contributed by atoms with Gasteiger partial charge >= 0.3 is 0 Å². The second-order valence-corrected chi connectivity index (χ2v) is 6.16. The molecule has 106 valence electrons. The molecule has 1 aromatic rings. The molecule has 2 rings (SSSR count). The molecular weight excluding hydrogens is 270 g/mol. The Hall–Kier alpha value is -1.15. The monoisotopic (exact) mass is 287 g/mol. The molecule has 0 unspecified atom stereocenters. The fourth-order valence-corrected chi connectivity index (χ4v) is 3.25. The van der Waals surface area contributed by atoms with Crippen molar-refractivity contribution in [1.82, 2.24) is 4.31 Å². The number of hydrogen-bond acceptors (Lipinski definition) is 5. The van der Waals surface area contributed by atoms with Crippen molar-refractivity contribution in [2.45, 2.75) is 18.1 Å². The van der Waals surface area contributed by atoms with Crippen molar-refractivity contribution >= 4 is 10.0 Å². The van der Waals surface area contributed by atoms with Crippen LogP contribution in [-0.4, -0.2) is 44.6 Å². The van der Waals surface area contributed by atoms with Crippen LogP contribution in [0.15, 0.2) is 33.3 Å². The lowest BCUT2D eigenvalue weighted by molar-refractivity contribution is 0.218. The predicted octanol–water partition coefficient (Wildman–Crippen LogP) is 0.739. The molecule has 0 radical (unpaired) electrons. The number of methoxy groups -OCH3 is 1. The molecule has 0 saturated heterocycles. The van der Waals surface area contributed by atoms with Crippen LogP contribution in [-0.2, 0) is 21.4 Å². The van der Waals surface area contributed by atoms with Gasteiger partial charge < -0.3 is 14.3 Å². The normalized spacial score (nSPS) is 17.5. The summed E-state index contributed by atoms with van der Waals surface area (Å²) in [6.07, 6.45) is 2.51. The first-order valence-corrected chi connectivity index (χ1v) is 7.38. The van der Waals surface area contributed by atoms with Gasteiger partial charge in [-0.05, 0) is 24.1 Å². The molecule has 0 bridgehead atoms. The second kappa shape index (κ2) is 5.87. The lowest BCUT2D eigenvalue weighted by Crippen LogP contribution is -2.35. The Morgan fingerprint density at radius 1 is 1.47 bits per heavy atom. The molecule has 6 nitrogen and oxygen atoms in total. The van der Waals surface area contributed by atoms with Crippen molar-refractivity contribution in [2.75, 3.05) is 26.8 Å². The maximum absolute atomic E-state index is 12.3. The molecule has 0 saturated carbocycles. The maximum Gasteiger partial charge on any atom is 0.276 e. The third kappa shape index (κ3) is 3.06. The fraction of sp³-hybridized carbons (Fsp3) is 0.500. The van der Waals surface area contributed by atoms with Gasteiger partial charge in [-0.15, -0.1) is 0 Å². The zero-order valence-corrected chi connectivity index (χ0v) is 11.5. The first-order chi connectivity index (χ1) is 9.07. The third-order valence-electron chi connectivity index (χ3n) is 2.98.